The lowest BCUT2D eigenvalue weighted by atomic mass is 10.2. The third kappa shape index (κ3) is 5.71. The average Bonchev–Trinajstić information content (AvgIpc) is 2.92. The lowest BCUT2D eigenvalue weighted by molar-refractivity contribution is -0.135. The van der Waals surface area contributed by atoms with E-state index in [0.29, 0.717) is 17.9 Å². The van der Waals surface area contributed by atoms with Crippen LogP contribution < -0.4 is 10.1 Å². The summed E-state index contributed by atoms with van der Waals surface area (Å²) < 4.78 is 23.4. The second-order valence-corrected chi connectivity index (χ2v) is 5.84. The van der Waals surface area contributed by atoms with Crippen LogP contribution in [0, 0.1) is 5.82 Å². The topological polar surface area (TPSA) is 89.4 Å². The van der Waals surface area contributed by atoms with Crippen LogP contribution in [0.4, 0.5) is 4.39 Å². The maximum absolute atomic E-state index is 13.6. The van der Waals surface area contributed by atoms with E-state index in [4.69, 9.17) is 4.74 Å². The second-order valence-electron chi connectivity index (χ2n) is 4.81. The number of hydrogen-bond acceptors (Lipinski definition) is 7. The Morgan fingerprint density at radius 2 is 2.20 bits per heavy atom. The summed E-state index contributed by atoms with van der Waals surface area (Å²) in [4.78, 5) is 23.0. The molecule has 1 aromatic rings. The number of nitrogens with one attached hydrogen (secondary N) is 1. The largest absolute Gasteiger partial charge is 0.493 e. The van der Waals surface area contributed by atoms with E-state index in [9.17, 15) is 14.0 Å². The molecule has 25 heavy (non-hydrogen) atoms. The van der Waals surface area contributed by atoms with Gasteiger partial charge in [-0.3, -0.25) is 10.1 Å². The van der Waals surface area contributed by atoms with E-state index in [1.807, 2.05) is 6.92 Å². The normalized spacial score (nSPS) is 17.3. The van der Waals surface area contributed by atoms with Gasteiger partial charge in [0, 0.05) is 17.7 Å². The van der Waals surface area contributed by atoms with Crippen LogP contribution in [0.3, 0.4) is 0 Å². The number of amidine groups is 1. The van der Waals surface area contributed by atoms with Crippen molar-refractivity contribution in [2.24, 2.45) is 10.2 Å². The van der Waals surface area contributed by atoms with Crippen molar-refractivity contribution in [3.8, 4) is 5.75 Å². The van der Waals surface area contributed by atoms with Crippen LogP contribution in [0.5, 0.6) is 5.75 Å². The van der Waals surface area contributed by atoms with Gasteiger partial charge in [0.1, 0.15) is 11.6 Å². The monoisotopic (exact) mass is 365 g/mol. The number of amides is 1. The zero-order valence-corrected chi connectivity index (χ0v) is 14.4. The van der Waals surface area contributed by atoms with Crippen molar-refractivity contribution in [2.45, 2.75) is 13.3 Å². The van der Waals surface area contributed by atoms with Crippen LogP contribution in [0.25, 0.3) is 0 Å². The van der Waals surface area contributed by atoms with Gasteiger partial charge >= 0.3 is 5.97 Å². The Labute approximate surface area is 148 Å². The van der Waals surface area contributed by atoms with Gasteiger partial charge in [0.25, 0.3) is 5.91 Å². The highest BCUT2D eigenvalue weighted by Crippen LogP contribution is 2.23. The first kappa shape index (κ1) is 18.7. The van der Waals surface area contributed by atoms with E-state index >= 15 is 0 Å². The molecule has 1 aromatic carbocycles. The quantitative estimate of drug-likeness (QED) is 0.361. The zero-order valence-electron chi connectivity index (χ0n) is 13.6. The first-order valence-electron chi connectivity index (χ1n) is 7.35. The molecule has 0 saturated carbocycles. The molecule has 9 heteroatoms. The first-order valence-corrected chi connectivity index (χ1v) is 8.16. The Morgan fingerprint density at radius 1 is 1.40 bits per heavy atom. The minimum Gasteiger partial charge on any atom is -0.493 e. The Hall–Kier alpha value is -2.68. The molecule has 1 fully saturated rings. The van der Waals surface area contributed by atoms with E-state index < -0.39 is 17.7 Å². The van der Waals surface area contributed by atoms with Gasteiger partial charge in [-0.2, -0.15) is 5.10 Å². The molecule has 0 atom stereocenters. The molecule has 1 aliphatic rings. The van der Waals surface area contributed by atoms with Crippen LogP contribution in [0.1, 0.15) is 18.9 Å². The minimum atomic E-state index is -0.637. The van der Waals surface area contributed by atoms with Crippen LogP contribution in [0.15, 0.2) is 39.4 Å². The van der Waals surface area contributed by atoms with Gasteiger partial charge in [0.2, 0.25) is 0 Å². The molecular formula is C16H16FN3O4S. The van der Waals surface area contributed by atoms with Crippen molar-refractivity contribution in [3.63, 3.8) is 0 Å². The minimum absolute atomic E-state index is 0.154. The fourth-order valence-electron chi connectivity index (χ4n) is 1.75. The van der Waals surface area contributed by atoms with Crippen molar-refractivity contribution < 1.29 is 23.5 Å². The number of ether oxygens (including phenoxy) is 2. The number of hydrogen-bond donors (Lipinski definition) is 1. The highest BCUT2D eigenvalue weighted by atomic mass is 32.2. The summed E-state index contributed by atoms with van der Waals surface area (Å²) in [5.41, 5.74) is 0.468. The lowest BCUT2D eigenvalue weighted by Gasteiger charge is -2.05. The van der Waals surface area contributed by atoms with Crippen molar-refractivity contribution >= 4 is 35.0 Å². The Balaban J connectivity index is 2.06. The average molecular weight is 365 g/mol. The predicted octanol–water partition coefficient (Wildman–Crippen LogP) is 2.22. The van der Waals surface area contributed by atoms with Gasteiger partial charge in [0.05, 0.1) is 24.8 Å². The SMILES string of the molecule is CCCOc1cc(F)cc(C=N/N=C2/NC(=O)/C(=C\C(=O)OC)S2)c1. The molecule has 1 N–H and O–H groups in total. The number of thioether (sulfide) groups is 1. The van der Waals surface area contributed by atoms with E-state index in [0.717, 1.165) is 24.3 Å². The molecule has 0 unspecified atom stereocenters. The molecule has 2 rings (SSSR count). The fourth-order valence-corrected chi connectivity index (χ4v) is 2.49. The smallest absolute Gasteiger partial charge is 0.331 e. The van der Waals surface area contributed by atoms with Crippen LogP contribution >= 0.6 is 11.8 Å². The number of benzene rings is 1. The molecule has 132 valence electrons. The highest BCUT2D eigenvalue weighted by Gasteiger charge is 2.24. The van der Waals surface area contributed by atoms with Crippen LogP contribution in [-0.4, -0.2) is 37.0 Å². The van der Waals surface area contributed by atoms with Gasteiger partial charge in [-0.1, -0.05) is 6.92 Å². The third-order valence-electron chi connectivity index (χ3n) is 2.82. The van der Waals surface area contributed by atoms with Crippen molar-refractivity contribution in [2.75, 3.05) is 13.7 Å². The molecule has 1 aliphatic heterocycles. The number of halogens is 1. The summed E-state index contributed by atoms with van der Waals surface area (Å²) in [6, 6.07) is 4.20. The molecule has 0 radical (unpaired) electrons. The third-order valence-corrected chi connectivity index (χ3v) is 3.72. The van der Waals surface area contributed by atoms with E-state index in [-0.39, 0.29) is 10.1 Å². The number of methoxy groups -OCH3 is 1. The maximum Gasteiger partial charge on any atom is 0.331 e. The van der Waals surface area contributed by atoms with Crippen molar-refractivity contribution in [1.29, 1.82) is 0 Å². The first-order chi connectivity index (χ1) is 12.0. The van der Waals surface area contributed by atoms with Crippen LogP contribution in [-0.2, 0) is 14.3 Å². The number of carbonyl (C=O) groups excluding carboxylic acids is 2. The second kappa shape index (κ2) is 8.97. The molecular weight excluding hydrogens is 349 g/mol. The lowest BCUT2D eigenvalue weighted by Crippen LogP contribution is -2.19. The molecule has 1 saturated heterocycles. The fraction of sp³-hybridized carbons (Fsp3) is 0.250. The zero-order chi connectivity index (χ0) is 18.2. The van der Waals surface area contributed by atoms with Crippen molar-refractivity contribution in [1.82, 2.24) is 5.32 Å². The van der Waals surface area contributed by atoms with Gasteiger partial charge < -0.3 is 9.47 Å². The van der Waals surface area contributed by atoms with Gasteiger partial charge in [-0.05, 0) is 30.3 Å². The van der Waals surface area contributed by atoms with Gasteiger partial charge in [-0.15, -0.1) is 5.10 Å². The molecule has 0 bridgehead atoms. The molecule has 0 aliphatic carbocycles. The molecule has 1 heterocycles. The van der Waals surface area contributed by atoms with Crippen LogP contribution in [0.2, 0.25) is 0 Å². The molecule has 7 nitrogen and oxygen atoms in total. The Kier molecular flexibility index (Phi) is 6.70. The Morgan fingerprint density at radius 3 is 2.92 bits per heavy atom. The molecule has 1 amide bonds. The maximum atomic E-state index is 13.6. The summed E-state index contributed by atoms with van der Waals surface area (Å²) in [6.45, 7) is 2.44. The van der Waals surface area contributed by atoms with E-state index in [1.54, 1.807) is 6.07 Å². The number of rotatable bonds is 6. The van der Waals surface area contributed by atoms with Gasteiger partial charge in [-0.25, -0.2) is 9.18 Å². The predicted molar refractivity (Wildman–Crippen MR) is 93.0 cm³/mol. The molecule has 0 aromatic heterocycles. The van der Waals surface area contributed by atoms with Crippen molar-refractivity contribution in [3.05, 3.63) is 40.6 Å². The van der Waals surface area contributed by atoms with Gasteiger partial charge in [0.15, 0.2) is 5.17 Å². The highest BCUT2D eigenvalue weighted by molar-refractivity contribution is 8.18. The summed E-state index contributed by atoms with van der Waals surface area (Å²) >= 11 is 0.952. The summed E-state index contributed by atoms with van der Waals surface area (Å²) in [5, 5.41) is 10.3. The van der Waals surface area contributed by atoms with E-state index in [1.165, 1.54) is 25.5 Å². The summed E-state index contributed by atoms with van der Waals surface area (Å²) in [7, 11) is 1.22. The summed E-state index contributed by atoms with van der Waals surface area (Å²) in [6.07, 6.45) is 3.21. The standard InChI is InChI=1S/C16H16FN3O4S/c1-3-4-24-12-6-10(5-11(17)7-12)9-18-20-16-19-15(22)13(25-16)8-14(21)23-2/h5-9H,3-4H2,1-2H3,(H,19,20,22)/b13-8+,18-9?. The Bertz CT molecular complexity index is 762. The van der Waals surface area contributed by atoms with E-state index in [2.05, 4.69) is 20.3 Å². The number of nitrogens with zero attached hydrogens (tertiary/aromatic N) is 2. The molecule has 0 spiro atoms. The number of carbonyl (C=O) groups is 2. The number of esters is 1. The summed E-state index contributed by atoms with van der Waals surface area (Å²) in [5.74, 6) is -1.15.